The van der Waals surface area contributed by atoms with E-state index in [0.717, 1.165) is 10.2 Å². The molecule has 2 rings (SSSR count). The Bertz CT molecular complexity index is 687. The van der Waals surface area contributed by atoms with E-state index in [9.17, 15) is 4.79 Å². The zero-order valence-corrected chi connectivity index (χ0v) is 14.6. The summed E-state index contributed by atoms with van der Waals surface area (Å²) in [5, 5.41) is 3.12. The van der Waals surface area contributed by atoms with Crippen molar-refractivity contribution in [3.05, 3.63) is 75.9 Å². The maximum atomic E-state index is 12.1. The summed E-state index contributed by atoms with van der Waals surface area (Å²) in [6.45, 7) is 6.31. The minimum Gasteiger partial charge on any atom is -0.361 e. The number of anilines is 1. The maximum absolute atomic E-state index is 12.1. The van der Waals surface area contributed by atoms with Crippen LogP contribution in [0.4, 0.5) is 5.69 Å². The molecule has 22 heavy (non-hydrogen) atoms. The van der Waals surface area contributed by atoms with Crippen molar-refractivity contribution in [3.63, 3.8) is 0 Å². The van der Waals surface area contributed by atoms with Crippen LogP contribution in [0.5, 0.6) is 0 Å². The summed E-state index contributed by atoms with van der Waals surface area (Å²) in [6, 6.07) is 13.8. The number of halogens is 1. The summed E-state index contributed by atoms with van der Waals surface area (Å²) in [5.74, 6) is 0.464. The first-order chi connectivity index (χ1) is 10.5. The van der Waals surface area contributed by atoms with Gasteiger partial charge in [-0.1, -0.05) is 44.2 Å². The lowest BCUT2D eigenvalue weighted by Crippen LogP contribution is -1.97. The van der Waals surface area contributed by atoms with Crippen LogP contribution in [0.25, 0.3) is 0 Å². The summed E-state index contributed by atoms with van der Waals surface area (Å²) >= 11 is 3.50. The van der Waals surface area contributed by atoms with Crippen LogP contribution in [-0.4, -0.2) is 5.78 Å². The van der Waals surface area contributed by atoms with Crippen LogP contribution in [0.15, 0.2) is 59.2 Å². The zero-order chi connectivity index (χ0) is 16.1. The second-order valence-electron chi connectivity index (χ2n) is 5.60. The van der Waals surface area contributed by atoms with Gasteiger partial charge in [-0.25, -0.2) is 0 Å². The SMILES string of the molecule is Cc1ccc(N/C=C/C(=O)c2ccc(C(C)C)cc2)c(Br)c1. The predicted molar refractivity (Wildman–Crippen MR) is 96.5 cm³/mol. The molecule has 0 aliphatic rings. The minimum absolute atomic E-state index is 0.00830. The molecule has 0 heterocycles. The maximum Gasteiger partial charge on any atom is 0.187 e. The van der Waals surface area contributed by atoms with Crippen molar-refractivity contribution in [2.75, 3.05) is 5.32 Å². The molecule has 0 atom stereocenters. The van der Waals surface area contributed by atoms with E-state index < -0.39 is 0 Å². The molecule has 0 spiro atoms. The minimum atomic E-state index is -0.00830. The average molecular weight is 358 g/mol. The van der Waals surface area contributed by atoms with Crippen LogP contribution in [0.1, 0.15) is 41.3 Å². The number of aryl methyl sites for hydroxylation is 1. The topological polar surface area (TPSA) is 29.1 Å². The van der Waals surface area contributed by atoms with E-state index in [2.05, 4.69) is 35.1 Å². The van der Waals surface area contributed by atoms with Gasteiger partial charge in [0.1, 0.15) is 0 Å². The van der Waals surface area contributed by atoms with Crippen LogP contribution < -0.4 is 5.32 Å². The molecule has 0 saturated heterocycles. The number of ketones is 1. The lowest BCUT2D eigenvalue weighted by molar-refractivity contribution is 0.104. The highest BCUT2D eigenvalue weighted by Crippen LogP contribution is 2.23. The summed E-state index contributed by atoms with van der Waals surface area (Å²) in [5.41, 5.74) is 4.06. The van der Waals surface area contributed by atoms with Crippen LogP contribution in [0.2, 0.25) is 0 Å². The Morgan fingerprint density at radius 1 is 1.14 bits per heavy atom. The van der Waals surface area contributed by atoms with Crippen LogP contribution >= 0.6 is 15.9 Å². The van der Waals surface area contributed by atoms with Crippen molar-refractivity contribution in [2.45, 2.75) is 26.7 Å². The van der Waals surface area contributed by atoms with Gasteiger partial charge in [-0.3, -0.25) is 4.79 Å². The quantitative estimate of drug-likeness (QED) is 0.550. The van der Waals surface area contributed by atoms with Gasteiger partial charge in [-0.05, 0) is 52.0 Å². The van der Waals surface area contributed by atoms with E-state index in [1.807, 2.05) is 49.4 Å². The Morgan fingerprint density at radius 3 is 2.41 bits per heavy atom. The first-order valence-electron chi connectivity index (χ1n) is 7.31. The molecule has 0 saturated carbocycles. The van der Waals surface area contributed by atoms with Crippen molar-refractivity contribution >= 4 is 27.4 Å². The number of rotatable bonds is 5. The molecule has 3 heteroatoms. The molecule has 0 aliphatic heterocycles. The number of allylic oxidation sites excluding steroid dienone is 1. The fourth-order valence-electron chi connectivity index (χ4n) is 2.07. The van der Waals surface area contributed by atoms with Crippen LogP contribution in [0, 0.1) is 6.92 Å². The molecule has 0 radical (unpaired) electrons. The van der Waals surface area contributed by atoms with E-state index in [-0.39, 0.29) is 5.78 Å². The third kappa shape index (κ3) is 4.31. The van der Waals surface area contributed by atoms with Crippen molar-refractivity contribution in [2.24, 2.45) is 0 Å². The van der Waals surface area contributed by atoms with E-state index in [0.29, 0.717) is 11.5 Å². The number of hydrogen-bond donors (Lipinski definition) is 1. The monoisotopic (exact) mass is 357 g/mol. The van der Waals surface area contributed by atoms with Crippen LogP contribution in [0.3, 0.4) is 0 Å². The van der Waals surface area contributed by atoms with Gasteiger partial charge in [0.2, 0.25) is 0 Å². The molecular weight excluding hydrogens is 338 g/mol. The normalized spacial score (nSPS) is 11.1. The predicted octanol–water partition coefficient (Wildman–Crippen LogP) is 5.69. The molecule has 0 unspecified atom stereocenters. The molecule has 0 amide bonds. The van der Waals surface area contributed by atoms with E-state index >= 15 is 0 Å². The van der Waals surface area contributed by atoms with Gasteiger partial charge in [-0.15, -0.1) is 0 Å². The smallest absolute Gasteiger partial charge is 0.187 e. The molecule has 0 bridgehead atoms. The molecule has 1 N–H and O–H groups in total. The Labute approximate surface area is 140 Å². The Balaban J connectivity index is 2.02. The Hall–Kier alpha value is -1.87. The zero-order valence-electron chi connectivity index (χ0n) is 13.1. The third-order valence-electron chi connectivity index (χ3n) is 3.46. The number of carbonyl (C=O) groups excluding carboxylic acids is 1. The van der Waals surface area contributed by atoms with Crippen molar-refractivity contribution in [1.29, 1.82) is 0 Å². The van der Waals surface area contributed by atoms with Crippen molar-refractivity contribution < 1.29 is 4.79 Å². The largest absolute Gasteiger partial charge is 0.361 e. The summed E-state index contributed by atoms with van der Waals surface area (Å²) < 4.78 is 0.978. The van der Waals surface area contributed by atoms with Gasteiger partial charge < -0.3 is 5.32 Å². The molecule has 0 aliphatic carbocycles. The summed E-state index contributed by atoms with van der Waals surface area (Å²) in [4.78, 5) is 12.1. The fraction of sp³-hybridized carbons (Fsp3) is 0.211. The second kappa shape index (κ2) is 7.41. The number of nitrogens with one attached hydrogen (secondary N) is 1. The number of hydrogen-bond acceptors (Lipinski definition) is 2. The Morgan fingerprint density at radius 2 is 1.82 bits per heavy atom. The summed E-state index contributed by atoms with van der Waals surface area (Å²) in [7, 11) is 0. The molecule has 114 valence electrons. The standard InChI is InChI=1S/C19H20BrNO/c1-13(2)15-5-7-16(8-6-15)19(22)10-11-21-18-9-4-14(3)12-17(18)20/h4-13,21H,1-3H3/b11-10+. The van der Waals surface area contributed by atoms with Gasteiger partial charge in [0.25, 0.3) is 0 Å². The van der Waals surface area contributed by atoms with Crippen molar-refractivity contribution in [3.8, 4) is 0 Å². The lowest BCUT2D eigenvalue weighted by atomic mass is 10.0. The fourth-order valence-corrected chi connectivity index (χ4v) is 2.68. The molecule has 0 aromatic heterocycles. The highest BCUT2D eigenvalue weighted by molar-refractivity contribution is 9.10. The highest BCUT2D eigenvalue weighted by Gasteiger charge is 2.04. The Kier molecular flexibility index (Phi) is 5.56. The lowest BCUT2D eigenvalue weighted by Gasteiger charge is -2.06. The molecule has 0 fully saturated rings. The number of carbonyl (C=O) groups is 1. The molecule has 2 aromatic carbocycles. The first kappa shape index (κ1) is 16.5. The third-order valence-corrected chi connectivity index (χ3v) is 4.12. The molecule has 2 nitrogen and oxygen atoms in total. The molecular formula is C19H20BrNO. The van der Waals surface area contributed by atoms with Gasteiger partial charge in [0.05, 0.1) is 5.69 Å². The van der Waals surface area contributed by atoms with Gasteiger partial charge in [-0.2, -0.15) is 0 Å². The van der Waals surface area contributed by atoms with Gasteiger partial charge in [0, 0.05) is 22.3 Å². The van der Waals surface area contributed by atoms with Crippen LogP contribution in [-0.2, 0) is 0 Å². The number of benzene rings is 2. The molecule has 2 aromatic rings. The van der Waals surface area contributed by atoms with E-state index in [1.54, 1.807) is 12.3 Å². The van der Waals surface area contributed by atoms with Gasteiger partial charge in [0.15, 0.2) is 5.78 Å². The van der Waals surface area contributed by atoms with Crippen molar-refractivity contribution in [1.82, 2.24) is 0 Å². The highest BCUT2D eigenvalue weighted by atomic mass is 79.9. The van der Waals surface area contributed by atoms with E-state index in [1.165, 1.54) is 11.1 Å². The van der Waals surface area contributed by atoms with E-state index in [4.69, 9.17) is 0 Å². The average Bonchev–Trinajstić information content (AvgIpc) is 2.49. The second-order valence-corrected chi connectivity index (χ2v) is 6.46. The van der Waals surface area contributed by atoms with Gasteiger partial charge >= 0.3 is 0 Å². The summed E-state index contributed by atoms with van der Waals surface area (Å²) in [6.07, 6.45) is 3.23. The first-order valence-corrected chi connectivity index (χ1v) is 8.10.